The lowest BCUT2D eigenvalue weighted by Gasteiger charge is -2.09. The van der Waals surface area contributed by atoms with Crippen LogP contribution in [-0.2, 0) is 71.1 Å². The highest BCUT2D eigenvalue weighted by Crippen LogP contribution is 2.11. The number of methoxy groups -OCH3 is 1. The molecular formula is C39H69NO16. The molecule has 0 unspecified atom stereocenters. The van der Waals surface area contributed by atoms with Crippen LogP contribution < -0.4 is 5.32 Å². The summed E-state index contributed by atoms with van der Waals surface area (Å²) in [5.74, 6) is -0.656. The van der Waals surface area contributed by atoms with E-state index in [0.29, 0.717) is 164 Å². The second-order valence-electron chi connectivity index (χ2n) is 11.7. The molecule has 0 aromatic heterocycles. The van der Waals surface area contributed by atoms with E-state index in [9.17, 15) is 9.59 Å². The van der Waals surface area contributed by atoms with Gasteiger partial charge in [-0.3, -0.25) is 4.79 Å². The second-order valence-corrected chi connectivity index (χ2v) is 11.7. The van der Waals surface area contributed by atoms with E-state index < -0.39 is 0 Å². The van der Waals surface area contributed by atoms with Gasteiger partial charge in [-0.05, 0) is 30.7 Å². The number of hydrogen-bond acceptors (Lipinski definition) is 17. The number of rotatable bonds is 44. The molecule has 0 saturated heterocycles. The van der Waals surface area contributed by atoms with Crippen LogP contribution in [0.25, 0.3) is 0 Å². The number of esters is 2. The zero-order chi connectivity index (χ0) is 40.3. The molecule has 0 spiro atoms. The molecule has 1 aromatic rings. The van der Waals surface area contributed by atoms with E-state index in [-0.39, 0.29) is 25.0 Å². The lowest BCUT2D eigenvalue weighted by Crippen LogP contribution is -2.16. The van der Waals surface area contributed by atoms with Crippen LogP contribution in [0, 0.1) is 0 Å². The van der Waals surface area contributed by atoms with Gasteiger partial charge in [0.1, 0.15) is 6.61 Å². The van der Waals surface area contributed by atoms with Crippen molar-refractivity contribution in [3.63, 3.8) is 0 Å². The Morgan fingerprint density at radius 1 is 0.446 bits per heavy atom. The molecule has 17 heteroatoms. The van der Waals surface area contributed by atoms with Crippen molar-refractivity contribution in [2.45, 2.75) is 26.2 Å². The minimum atomic E-state index is -0.366. The maximum absolute atomic E-state index is 12.1. The van der Waals surface area contributed by atoms with Crippen LogP contribution in [0.1, 0.15) is 36.5 Å². The summed E-state index contributed by atoms with van der Waals surface area (Å²) in [6, 6.07) is 7.28. The Labute approximate surface area is 333 Å². The quantitative estimate of drug-likeness (QED) is 0.0752. The average molecular weight is 808 g/mol. The third-order valence-corrected chi connectivity index (χ3v) is 7.21. The van der Waals surface area contributed by atoms with Crippen LogP contribution in [0.3, 0.4) is 0 Å². The maximum atomic E-state index is 12.1. The topological polar surface area (TPSA) is 175 Å². The molecular weight excluding hydrogens is 738 g/mol. The molecule has 0 fully saturated rings. The summed E-state index contributed by atoms with van der Waals surface area (Å²) in [7, 11) is 1.35. The first-order valence-electron chi connectivity index (χ1n) is 19.7. The zero-order valence-corrected chi connectivity index (χ0v) is 33.8. The molecule has 326 valence electrons. The van der Waals surface area contributed by atoms with E-state index in [0.717, 1.165) is 25.1 Å². The van der Waals surface area contributed by atoms with Gasteiger partial charge < -0.3 is 71.6 Å². The molecule has 0 bridgehead atoms. The first-order chi connectivity index (χ1) is 27.7. The van der Waals surface area contributed by atoms with Crippen LogP contribution in [0.5, 0.6) is 0 Å². The highest BCUT2D eigenvalue weighted by molar-refractivity contribution is 5.89. The Kier molecular flexibility index (Phi) is 38.7. The Balaban J connectivity index is 1.67. The van der Waals surface area contributed by atoms with Crippen molar-refractivity contribution in [1.82, 2.24) is 0 Å². The van der Waals surface area contributed by atoms with E-state index in [2.05, 4.69) is 17.0 Å². The lowest BCUT2D eigenvalue weighted by molar-refractivity contribution is -0.141. The number of anilines is 1. The molecule has 1 rings (SSSR count). The highest BCUT2D eigenvalue weighted by atomic mass is 16.6. The summed E-state index contributed by atoms with van der Waals surface area (Å²) >= 11 is 0. The molecule has 0 aliphatic carbocycles. The number of carbonyl (C=O) groups is 2. The van der Waals surface area contributed by atoms with Crippen LogP contribution in [0.15, 0.2) is 24.3 Å². The molecule has 0 aliphatic heterocycles. The van der Waals surface area contributed by atoms with Crippen LogP contribution in [0.4, 0.5) is 5.69 Å². The zero-order valence-electron chi connectivity index (χ0n) is 33.8. The van der Waals surface area contributed by atoms with Crippen molar-refractivity contribution in [3.05, 3.63) is 29.8 Å². The standard InChI is InChI=1S/C39H69NO16/c1-3-4-10-40-37-7-5-36(6-8-37)39(42)56-35-34-55-33-32-54-31-30-53-29-28-52-27-26-51-25-24-50-23-22-49-21-20-48-19-18-47-17-16-46-15-14-45-13-12-44-11-9-38(41)43-2/h5-8,40H,3-4,9-35H2,1-2H3. The fourth-order valence-corrected chi connectivity index (χ4v) is 4.19. The fraction of sp³-hybridized carbons (Fsp3) is 0.795. The van der Waals surface area contributed by atoms with Crippen molar-refractivity contribution in [1.29, 1.82) is 0 Å². The van der Waals surface area contributed by atoms with Gasteiger partial charge in [-0.2, -0.15) is 0 Å². The fourth-order valence-electron chi connectivity index (χ4n) is 4.19. The molecule has 0 radical (unpaired) electrons. The minimum Gasteiger partial charge on any atom is -0.469 e. The van der Waals surface area contributed by atoms with E-state index in [1.165, 1.54) is 7.11 Å². The van der Waals surface area contributed by atoms with Gasteiger partial charge in [0.2, 0.25) is 0 Å². The molecule has 17 nitrogen and oxygen atoms in total. The number of hydrogen-bond donors (Lipinski definition) is 1. The van der Waals surface area contributed by atoms with Gasteiger partial charge in [-0.25, -0.2) is 4.79 Å². The number of nitrogens with one attached hydrogen (secondary N) is 1. The molecule has 0 amide bonds. The Bertz CT molecular complexity index is 990. The number of unbranched alkanes of at least 4 members (excludes halogenated alkanes) is 1. The largest absolute Gasteiger partial charge is 0.469 e. The van der Waals surface area contributed by atoms with Gasteiger partial charge in [0, 0.05) is 12.2 Å². The average Bonchev–Trinajstić information content (AvgIpc) is 3.21. The summed E-state index contributed by atoms with van der Waals surface area (Å²) in [5, 5.41) is 3.32. The molecule has 56 heavy (non-hydrogen) atoms. The third-order valence-electron chi connectivity index (χ3n) is 7.21. The Morgan fingerprint density at radius 2 is 0.750 bits per heavy atom. The SMILES string of the molecule is CCCCNc1ccc(C(=O)OCCOCCOCCOCCOCCOCCOCCOCCOCCOCCOCCOCCOCCC(=O)OC)cc1. The summed E-state index contributed by atoms with van der Waals surface area (Å²) in [4.78, 5) is 23.1. The first kappa shape index (κ1) is 51.5. The predicted molar refractivity (Wildman–Crippen MR) is 207 cm³/mol. The minimum absolute atomic E-state index is 0.184. The van der Waals surface area contributed by atoms with Gasteiger partial charge in [0.25, 0.3) is 0 Å². The smallest absolute Gasteiger partial charge is 0.338 e. The maximum Gasteiger partial charge on any atom is 0.338 e. The lowest BCUT2D eigenvalue weighted by atomic mass is 10.2. The van der Waals surface area contributed by atoms with E-state index >= 15 is 0 Å². The first-order valence-corrected chi connectivity index (χ1v) is 19.7. The Hall–Kier alpha value is -2.52. The van der Waals surface area contributed by atoms with Crippen molar-refractivity contribution >= 4 is 17.6 Å². The van der Waals surface area contributed by atoms with Gasteiger partial charge in [0.05, 0.1) is 178 Å². The van der Waals surface area contributed by atoms with E-state index in [1.54, 1.807) is 12.1 Å². The third kappa shape index (κ3) is 35.9. The van der Waals surface area contributed by atoms with Crippen molar-refractivity contribution in [3.8, 4) is 0 Å². The molecule has 1 N–H and O–H groups in total. The normalized spacial score (nSPS) is 11.2. The number of benzene rings is 1. The summed E-state index contributed by atoms with van der Waals surface area (Å²) < 4.78 is 75.2. The van der Waals surface area contributed by atoms with Gasteiger partial charge in [-0.15, -0.1) is 0 Å². The van der Waals surface area contributed by atoms with Gasteiger partial charge in [-0.1, -0.05) is 13.3 Å². The number of ether oxygens (including phenoxy) is 14. The second kappa shape index (κ2) is 42.1. The molecule has 0 atom stereocenters. The molecule has 0 heterocycles. The number of carbonyl (C=O) groups excluding carboxylic acids is 2. The van der Waals surface area contributed by atoms with Crippen LogP contribution in [0.2, 0.25) is 0 Å². The predicted octanol–water partition coefficient (Wildman–Crippen LogP) is 2.82. The van der Waals surface area contributed by atoms with Crippen molar-refractivity contribution < 1.29 is 75.9 Å². The molecule has 0 aliphatic rings. The van der Waals surface area contributed by atoms with E-state index in [4.69, 9.17) is 61.6 Å². The highest BCUT2D eigenvalue weighted by Gasteiger charge is 2.07. The molecule has 0 saturated carbocycles. The van der Waals surface area contributed by atoms with Gasteiger partial charge in [0.15, 0.2) is 0 Å². The summed E-state index contributed by atoms with van der Waals surface area (Å²) in [6.45, 7) is 14.2. The van der Waals surface area contributed by atoms with Crippen LogP contribution in [-0.4, -0.2) is 191 Å². The summed E-state index contributed by atoms with van der Waals surface area (Å²) in [6.07, 6.45) is 2.47. The van der Waals surface area contributed by atoms with E-state index in [1.807, 2.05) is 12.1 Å². The Morgan fingerprint density at radius 3 is 1.05 bits per heavy atom. The van der Waals surface area contributed by atoms with Gasteiger partial charge >= 0.3 is 11.9 Å². The van der Waals surface area contributed by atoms with Crippen molar-refractivity contribution in [2.24, 2.45) is 0 Å². The summed E-state index contributed by atoms with van der Waals surface area (Å²) in [5.41, 5.74) is 1.51. The van der Waals surface area contributed by atoms with Crippen LogP contribution >= 0.6 is 0 Å². The monoisotopic (exact) mass is 807 g/mol. The molecule has 1 aromatic carbocycles. The van der Waals surface area contributed by atoms with Crippen molar-refractivity contribution in [2.75, 3.05) is 184 Å².